The minimum absolute atomic E-state index is 0.232. The molecule has 7 heteroatoms. The molecule has 2 amide bonds. The first-order valence-corrected chi connectivity index (χ1v) is 8.42. The van der Waals surface area contributed by atoms with E-state index in [1.165, 1.54) is 33.4 Å². The van der Waals surface area contributed by atoms with Crippen molar-refractivity contribution in [3.05, 3.63) is 28.3 Å². The summed E-state index contributed by atoms with van der Waals surface area (Å²) in [6, 6.07) is 3.10. The van der Waals surface area contributed by atoms with E-state index in [4.69, 9.17) is 16.4 Å². The van der Waals surface area contributed by atoms with Crippen LogP contribution in [-0.2, 0) is 4.84 Å². The Morgan fingerprint density at radius 3 is 2.52 bits per heavy atom. The highest BCUT2D eigenvalue weighted by atomic mass is 35.5. The van der Waals surface area contributed by atoms with E-state index in [0.29, 0.717) is 16.6 Å². The minimum atomic E-state index is -0.496. The summed E-state index contributed by atoms with van der Waals surface area (Å²) >= 11 is 10.4. The number of anilines is 1. The van der Waals surface area contributed by atoms with Gasteiger partial charge in [-0.2, -0.15) is 0 Å². The molecule has 1 aromatic carbocycles. The summed E-state index contributed by atoms with van der Waals surface area (Å²) < 4.78 is 0. The molecule has 0 atom stereocenters. The van der Waals surface area contributed by atoms with Crippen LogP contribution in [0.4, 0.5) is 10.5 Å². The first kappa shape index (κ1) is 18.1. The van der Waals surface area contributed by atoms with Crippen molar-refractivity contribution in [3.63, 3.8) is 0 Å². The van der Waals surface area contributed by atoms with Crippen molar-refractivity contribution in [2.75, 3.05) is 19.5 Å². The molecule has 0 bridgehead atoms. The fourth-order valence-corrected chi connectivity index (χ4v) is 3.61. The van der Waals surface area contributed by atoms with Crippen LogP contribution in [0.1, 0.15) is 53.9 Å². The maximum absolute atomic E-state index is 11.9. The molecular weight excluding hydrogens is 336 g/mol. The molecule has 0 saturated heterocycles. The van der Waals surface area contributed by atoms with Gasteiger partial charge in [0, 0.05) is 7.05 Å². The van der Waals surface area contributed by atoms with E-state index in [0.717, 1.165) is 23.5 Å². The van der Waals surface area contributed by atoms with Crippen LogP contribution in [0.15, 0.2) is 12.1 Å². The number of benzene rings is 1. The molecule has 1 aliphatic rings. The van der Waals surface area contributed by atoms with Crippen LogP contribution in [0.25, 0.3) is 0 Å². The Morgan fingerprint density at radius 2 is 1.96 bits per heavy atom. The molecular formula is C16H21ClN2O3S. The summed E-state index contributed by atoms with van der Waals surface area (Å²) in [5.41, 5.74) is 1.53. The van der Waals surface area contributed by atoms with Crippen molar-refractivity contribution in [3.8, 4) is 0 Å². The van der Waals surface area contributed by atoms with Gasteiger partial charge in [-0.25, -0.2) is 9.86 Å². The van der Waals surface area contributed by atoms with Crippen LogP contribution >= 0.6 is 24.2 Å². The number of rotatable bonds is 4. The van der Waals surface area contributed by atoms with Crippen LogP contribution in [-0.4, -0.2) is 30.4 Å². The van der Waals surface area contributed by atoms with Gasteiger partial charge in [-0.1, -0.05) is 36.9 Å². The average molecular weight is 357 g/mol. The lowest BCUT2D eigenvalue weighted by atomic mass is 9.83. The van der Waals surface area contributed by atoms with Gasteiger partial charge < -0.3 is 5.32 Å². The second-order valence-corrected chi connectivity index (χ2v) is 6.43. The van der Waals surface area contributed by atoms with E-state index in [-0.39, 0.29) is 5.56 Å². The highest BCUT2D eigenvalue weighted by molar-refractivity contribution is 7.97. The van der Waals surface area contributed by atoms with Gasteiger partial charge in [-0.3, -0.25) is 9.63 Å². The topological polar surface area (TPSA) is 58.6 Å². The molecule has 1 N–H and O–H groups in total. The van der Waals surface area contributed by atoms with Crippen molar-refractivity contribution < 1.29 is 14.4 Å². The summed E-state index contributed by atoms with van der Waals surface area (Å²) in [5, 5.41) is 3.56. The number of urea groups is 1. The number of carbonyl (C=O) groups is 2. The third-order valence-electron chi connectivity index (χ3n) is 4.23. The number of halogens is 1. The number of hydrogen-bond acceptors (Lipinski definition) is 3. The van der Waals surface area contributed by atoms with E-state index in [1.54, 1.807) is 6.07 Å². The van der Waals surface area contributed by atoms with Gasteiger partial charge >= 0.3 is 6.03 Å². The van der Waals surface area contributed by atoms with Crippen molar-refractivity contribution in [1.29, 1.82) is 0 Å². The maximum Gasteiger partial charge on any atom is 0.345 e. The number of hydroxylamine groups is 2. The monoisotopic (exact) mass is 356 g/mol. The van der Waals surface area contributed by atoms with E-state index in [2.05, 4.69) is 17.9 Å². The molecule has 5 nitrogen and oxygen atoms in total. The molecule has 23 heavy (non-hydrogen) atoms. The van der Waals surface area contributed by atoms with Crippen LogP contribution in [0, 0.1) is 0 Å². The van der Waals surface area contributed by atoms with Crippen LogP contribution < -0.4 is 5.32 Å². The lowest BCUT2D eigenvalue weighted by Crippen LogP contribution is -2.30. The quantitative estimate of drug-likeness (QED) is 0.617. The van der Waals surface area contributed by atoms with Gasteiger partial charge in [0.05, 0.1) is 23.4 Å². The summed E-state index contributed by atoms with van der Waals surface area (Å²) in [6.45, 7) is 0. The van der Waals surface area contributed by atoms with Crippen molar-refractivity contribution in [2.45, 2.75) is 38.0 Å². The van der Waals surface area contributed by atoms with Gasteiger partial charge in [-0.15, -0.1) is 12.6 Å². The highest BCUT2D eigenvalue weighted by Gasteiger charge is 2.24. The third-order valence-corrected chi connectivity index (χ3v) is 4.86. The molecule has 1 aromatic rings. The lowest BCUT2D eigenvalue weighted by molar-refractivity contribution is -0.0598. The Kier molecular flexibility index (Phi) is 6.33. The smallest absolute Gasteiger partial charge is 0.305 e. The number of nitrogens with one attached hydrogen (secondary N) is 1. The Hall–Kier alpha value is -1.24. The van der Waals surface area contributed by atoms with Crippen LogP contribution in [0.3, 0.4) is 0 Å². The normalized spacial score (nSPS) is 15.3. The van der Waals surface area contributed by atoms with Gasteiger partial charge in [0.2, 0.25) is 5.12 Å². The predicted molar refractivity (Wildman–Crippen MR) is 94.4 cm³/mol. The van der Waals surface area contributed by atoms with E-state index in [1.807, 2.05) is 6.07 Å². The molecule has 0 unspecified atom stereocenters. The Morgan fingerprint density at radius 1 is 1.30 bits per heavy atom. The Balaban J connectivity index is 2.35. The number of amides is 2. The highest BCUT2D eigenvalue weighted by Crippen LogP contribution is 2.40. The average Bonchev–Trinajstić information content (AvgIpc) is 2.54. The number of nitrogens with zero attached hydrogens (tertiary/aromatic N) is 1. The van der Waals surface area contributed by atoms with Gasteiger partial charge in [0.15, 0.2) is 0 Å². The van der Waals surface area contributed by atoms with Crippen molar-refractivity contribution >= 4 is 41.1 Å². The molecule has 0 spiro atoms. The third kappa shape index (κ3) is 4.19. The standard InChI is InChI=1S/C16H21ClN2O3S/c1-19(22-2)16(21)18-12-9-8-11(10-6-4-3-5-7-10)14(17)13(12)15(20)23/h8-10H,3-7H2,1-2H3,(H,18,21)(H,20,23). The van der Waals surface area contributed by atoms with Crippen LogP contribution in [0.2, 0.25) is 5.02 Å². The predicted octanol–water partition coefficient (Wildman–Crippen LogP) is 4.48. The molecule has 2 rings (SSSR count). The van der Waals surface area contributed by atoms with E-state index >= 15 is 0 Å². The molecule has 0 aromatic heterocycles. The number of hydrogen-bond donors (Lipinski definition) is 2. The fourth-order valence-electron chi connectivity index (χ4n) is 2.91. The molecule has 1 saturated carbocycles. The fraction of sp³-hybridized carbons (Fsp3) is 0.500. The summed E-state index contributed by atoms with van der Waals surface area (Å²) in [5.74, 6) is 0.356. The summed E-state index contributed by atoms with van der Waals surface area (Å²) in [4.78, 5) is 28.7. The first-order chi connectivity index (χ1) is 11.0. The molecule has 1 fully saturated rings. The zero-order chi connectivity index (χ0) is 17.0. The van der Waals surface area contributed by atoms with Crippen molar-refractivity contribution in [2.24, 2.45) is 0 Å². The lowest BCUT2D eigenvalue weighted by Gasteiger charge is -2.24. The zero-order valence-corrected chi connectivity index (χ0v) is 14.9. The van der Waals surface area contributed by atoms with Gasteiger partial charge in [0.25, 0.3) is 0 Å². The second kappa shape index (κ2) is 8.04. The molecule has 126 valence electrons. The number of carbonyl (C=O) groups excluding carboxylic acids is 2. The second-order valence-electron chi connectivity index (χ2n) is 5.64. The van der Waals surface area contributed by atoms with E-state index in [9.17, 15) is 9.59 Å². The first-order valence-electron chi connectivity index (χ1n) is 7.60. The molecule has 0 aliphatic heterocycles. The summed E-state index contributed by atoms with van der Waals surface area (Å²) in [6.07, 6.45) is 5.71. The van der Waals surface area contributed by atoms with E-state index < -0.39 is 11.1 Å². The minimum Gasteiger partial charge on any atom is -0.305 e. The molecule has 1 aliphatic carbocycles. The number of thiol groups is 1. The zero-order valence-electron chi connectivity index (χ0n) is 13.3. The SMILES string of the molecule is CON(C)C(=O)Nc1ccc(C2CCCCC2)c(Cl)c1C(=O)S. The van der Waals surface area contributed by atoms with Gasteiger partial charge in [-0.05, 0) is 30.4 Å². The maximum atomic E-state index is 11.9. The van der Waals surface area contributed by atoms with Crippen LogP contribution in [0.5, 0.6) is 0 Å². The molecule has 0 radical (unpaired) electrons. The van der Waals surface area contributed by atoms with Gasteiger partial charge in [0.1, 0.15) is 0 Å². The molecule has 0 heterocycles. The van der Waals surface area contributed by atoms with Crippen molar-refractivity contribution in [1.82, 2.24) is 5.06 Å². The Bertz CT molecular complexity index is 603. The Labute approximate surface area is 146 Å². The largest absolute Gasteiger partial charge is 0.345 e. The summed E-state index contributed by atoms with van der Waals surface area (Å²) in [7, 11) is 2.85.